The van der Waals surface area contributed by atoms with Crippen LogP contribution in [0.2, 0.25) is 0 Å². The van der Waals surface area contributed by atoms with Crippen LogP contribution in [0.5, 0.6) is 0 Å². The zero-order valence-corrected chi connectivity index (χ0v) is 5.52. The Balaban J connectivity index is 2.91. The van der Waals surface area contributed by atoms with Gasteiger partial charge >= 0.3 is 0 Å². The molecule has 0 bridgehead atoms. The van der Waals surface area contributed by atoms with Crippen LogP contribution in [0.25, 0.3) is 11.2 Å². The molecule has 11 heavy (non-hydrogen) atoms. The Hall–Kier alpha value is -1.78. The van der Waals surface area contributed by atoms with Gasteiger partial charge < -0.3 is 0 Å². The lowest BCUT2D eigenvalue weighted by Gasteiger charge is -1.93. The zero-order valence-electron chi connectivity index (χ0n) is 5.52. The third-order valence-electron chi connectivity index (χ3n) is 1.27. The van der Waals surface area contributed by atoms with E-state index < -0.39 is 0 Å². The predicted octanol–water partition coefficient (Wildman–Crippen LogP) is 0.334. The maximum absolute atomic E-state index is 7.31. The summed E-state index contributed by atoms with van der Waals surface area (Å²) in [6.07, 6.45) is 4.36. The van der Waals surface area contributed by atoms with Crippen LogP contribution in [0, 0.1) is 0 Å². The molecule has 5 nitrogen and oxygen atoms in total. The van der Waals surface area contributed by atoms with Crippen LogP contribution in [0.15, 0.2) is 18.7 Å². The van der Waals surface area contributed by atoms with Gasteiger partial charge in [0.15, 0.2) is 17.0 Å². The Bertz CT molecular complexity index is 380. The Labute approximate surface area is 62.3 Å². The fraction of sp³-hybridized carbons (Fsp3) is 0. The molecule has 0 fully saturated rings. The SMILES string of the molecule is [NH]c1ncnc2nccnc12. The normalized spacial score (nSPS) is 10.2. The first-order valence-electron chi connectivity index (χ1n) is 3.01. The van der Waals surface area contributed by atoms with Crippen molar-refractivity contribution >= 4 is 17.0 Å². The van der Waals surface area contributed by atoms with E-state index in [1.807, 2.05) is 0 Å². The summed E-state index contributed by atoms with van der Waals surface area (Å²) in [6, 6.07) is 0. The van der Waals surface area contributed by atoms with Crippen LogP contribution in [-0.2, 0) is 0 Å². The van der Waals surface area contributed by atoms with Crippen molar-refractivity contribution in [1.82, 2.24) is 25.7 Å². The van der Waals surface area contributed by atoms with Crippen LogP contribution in [-0.4, -0.2) is 19.9 Å². The largest absolute Gasteiger partial charge is 0.281 e. The Kier molecular flexibility index (Phi) is 1.15. The highest BCUT2D eigenvalue weighted by atomic mass is 15.0. The first-order valence-corrected chi connectivity index (χ1v) is 3.01. The zero-order chi connectivity index (χ0) is 7.68. The molecular weight excluding hydrogens is 142 g/mol. The molecule has 2 aromatic rings. The monoisotopic (exact) mass is 146 g/mol. The van der Waals surface area contributed by atoms with Crippen molar-refractivity contribution in [2.24, 2.45) is 0 Å². The van der Waals surface area contributed by atoms with Crippen molar-refractivity contribution in [2.45, 2.75) is 0 Å². The van der Waals surface area contributed by atoms with E-state index in [0.717, 1.165) is 0 Å². The van der Waals surface area contributed by atoms with Gasteiger partial charge in [-0.15, -0.1) is 0 Å². The Morgan fingerprint density at radius 2 is 1.82 bits per heavy atom. The number of aromatic nitrogens is 4. The van der Waals surface area contributed by atoms with Gasteiger partial charge in [0.25, 0.3) is 0 Å². The van der Waals surface area contributed by atoms with Gasteiger partial charge in [0, 0.05) is 12.4 Å². The molecule has 0 atom stereocenters. The number of fused-ring (bicyclic) bond motifs is 1. The first kappa shape index (κ1) is 5.96. The van der Waals surface area contributed by atoms with E-state index in [0.29, 0.717) is 11.2 Å². The maximum atomic E-state index is 7.31. The standard InChI is InChI=1S/C6H4N5/c7-5-4-6(11-3-10-5)9-2-1-8-4/h1-3,7H. The fourth-order valence-electron chi connectivity index (χ4n) is 0.795. The third-order valence-corrected chi connectivity index (χ3v) is 1.27. The van der Waals surface area contributed by atoms with Crippen molar-refractivity contribution < 1.29 is 0 Å². The summed E-state index contributed by atoms with van der Waals surface area (Å²) in [5, 5.41) is 0. The second-order valence-corrected chi connectivity index (χ2v) is 1.95. The maximum Gasteiger partial charge on any atom is 0.183 e. The van der Waals surface area contributed by atoms with Crippen molar-refractivity contribution in [3.8, 4) is 0 Å². The molecule has 2 aromatic heterocycles. The van der Waals surface area contributed by atoms with Gasteiger partial charge in [-0.3, -0.25) is 5.73 Å². The molecule has 0 spiro atoms. The van der Waals surface area contributed by atoms with E-state index in [9.17, 15) is 0 Å². The minimum Gasteiger partial charge on any atom is -0.281 e. The first-order chi connectivity index (χ1) is 5.38. The second-order valence-electron chi connectivity index (χ2n) is 1.95. The summed E-state index contributed by atoms with van der Waals surface area (Å²) in [6.45, 7) is 0. The summed E-state index contributed by atoms with van der Waals surface area (Å²) in [4.78, 5) is 15.3. The van der Waals surface area contributed by atoms with Crippen LogP contribution >= 0.6 is 0 Å². The molecule has 1 N–H and O–H groups in total. The van der Waals surface area contributed by atoms with Gasteiger partial charge in [0.2, 0.25) is 0 Å². The highest BCUT2D eigenvalue weighted by Crippen LogP contribution is 2.09. The van der Waals surface area contributed by atoms with E-state index in [1.165, 1.54) is 18.7 Å². The fourth-order valence-corrected chi connectivity index (χ4v) is 0.795. The highest BCUT2D eigenvalue weighted by Gasteiger charge is 1.99. The van der Waals surface area contributed by atoms with Gasteiger partial charge in [0.1, 0.15) is 6.33 Å². The van der Waals surface area contributed by atoms with Gasteiger partial charge in [-0.05, 0) is 0 Å². The molecule has 2 heterocycles. The molecule has 5 heteroatoms. The van der Waals surface area contributed by atoms with Gasteiger partial charge in [-0.2, -0.15) is 0 Å². The topological polar surface area (TPSA) is 75.4 Å². The van der Waals surface area contributed by atoms with Gasteiger partial charge in [0.05, 0.1) is 0 Å². The predicted molar refractivity (Wildman–Crippen MR) is 37.9 cm³/mol. The van der Waals surface area contributed by atoms with E-state index >= 15 is 0 Å². The number of rotatable bonds is 0. The average Bonchev–Trinajstić information content (AvgIpc) is 2.06. The van der Waals surface area contributed by atoms with Crippen LogP contribution in [0.4, 0.5) is 5.82 Å². The highest BCUT2D eigenvalue weighted by molar-refractivity contribution is 5.78. The molecule has 0 saturated carbocycles. The summed E-state index contributed by atoms with van der Waals surface area (Å²) in [5.74, 6) is 0.114. The van der Waals surface area contributed by atoms with Crippen LogP contribution in [0.3, 0.4) is 0 Å². The molecule has 2 rings (SSSR count). The molecule has 0 saturated heterocycles. The van der Waals surface area contributed by atoms with Crippen molar-refractivity contribution in [3.63, 3.8) is 0 Å². The van der Waals surface area contributed by atoms with Gasteiger partial charge in [-0.1, -0.05) is 0 Å². The average molecular weight is 146 g/mol. The summed E-state index contributed by atoms with van der Waals surface area (Å²) < 4.78 is 0. The van der Waals surface area contributed by atoms with Crippen molar-refractivity contribution in [3.05, 3.63) is 18.7 Å². The number of hydrogen-bond acceptors (Lipinski definition) is 4. The molecule has 0 aromatic carbocycles. The molecule has 0 aliphatic carbocycles. The molecule has 53 valence electrons. The lowest BCUT2D eigenvalue weighted by molar-refractivity contribution is 1.13. The molecule has 0 amide bonds. The molecule has 0 aliphatic rings. The lowest BCUT2D eigenvalue weighted by atomic mass is 10.5. The minimum atomic E-state index is 0.114. The van der Waals surface area contributed by atoms with Crippen molar-refractivity contribution in [2.75, 3.05) is 0 Å². The lowest BCUT2D eigenvalue weighted by Crippen LogP contribution is -1.89. The smallest absolute Gasteiger partial charge is 0.183 e. The summed E-state index contributed by atoms with van der Waals surface area (Å²) in [7, 11) is 0. The molecule has 1 radical (unpaired) electrons. The number of nitrogens with zero attached hydrogens (tertiary/aromatic N) is 4. The second kappa shape index (κ2) is 2.12. The van der Waals surface area contributed by atoms with E-state index in [2.05, 4.69) is 19.9 Å². The molecular formula is C6H4N5. The molecule has 0 unspecified atom stereocenters. The van der Waals surface area contributed by atoms with E-state index in [4.69, 9.17) is 5.73 Å². The van der Waals surface area contributed by atoms with E-state index in [-0.39, 0.29) is 5.82 Å². The quantitative estimate of drug-likeness (QED) is 0.536. The van der Waals surface area contributed by atoms with Crippen LogP contribution < -0.4 is 5.73 Å². The summed E-state index contributed by atoms with van der Waals surface area (Å²) in [5.41, 5.74) is 8.22. The molecule has 0 aliphatic heterocycles. The Morgan fingerprint density at radius 1 is 1.00 bits per heavy atom. The number of hydrogen-bond donors (Lipinski definition) is 0. The Morgan fingerprint density at radius 3 is 2.64 bits per heavy atom. The third kappa shape index (κ3) is 0.861. The summed E-state index contributed by atoms with van der Waals surface area (Å²) >= 11 is 0. The minimum absolute atomic E-state index is 0.114. The number of nitrogens with one attached hydrogen (secondary N) is 1. The van der Waals surface area contributed by atoms with Gasteiger partial charge in [-0.25, -0.2) is 19.9 Å². The van der Waals surface area contributed by atoms with Crippen LogP contribution in [0.1, 0.15) is 0 Å². The van der Waals surface area contributed by atoms with E-state index in [1.54, 1.807) is 0 Å². The van der Waals surface area contributed by atoms with Crippen molar-refractivity contribution in [1.29, 1.82) is 0 Å².